The maximum Gasteiger partial charge on any atom is 0.123 e. The van der Waals surface area contributed by atoms with Crippen LogP contribution in [0.2, 0.25) is 0 Å². The third kappa shape index (κ3) is 6.20. The summed E-state index contributed by atoms with van der Waals surface area (Å²) < 4.78 is 27.4. The summed E-state index contributed by atoms with van der Waals surface area (Å²) in [6, 6.07) is 4.13. The summed E-state index contributed by atoms with van der Waals surface area (Å²) in [4.78, 5) is 1.06. The third-order valence-electron chi connectivity index (χ3n) is 6.33. The van der Waals surface area contributed by atoms with E-state index in [2.05, 4.69) is 53.7 Å². The molecule has 0 fully saturated rings. The zero-order valence-electron chi connectivity index (χ0n) is 20.8. The zero-order chi connectivity index (χ0) is 23.5. The zero-order valence-corrected chi connectivity index (χ0v) is 23.4. The molecule has 0 saturated carbocycles. The quantitative estimate of drug-likeness (QED) is 0.289. The number of hydrogen-bond acceptors (Lipinski definition) is 4. The highest BCUT2D eigenvalue weighted by molar-refractivity contribution is 8.00. The van der Waals surface area contributed by atoms with Crippen LogP contribution in [0.4, 0.5) is 0 Å². The lowest BCUT2D eigenvalue weighted by Gasteiger charge is -2.33. The minimum atomic E-state index is -2.51. The molecule has 0 radical (unpaired) electrons. The molecule has 0 aliphatic rings. The number of benzene rings is 1. The van der Waals surface area contributed by atoms with Gasteiger partial charge in [-0.3, -0.25) is 0 Å². The van der Waals surface area contributed by atoms with Crippen LogP contribution in [-0.2, 0) is 20.0 Å². The molecule has 174 valence electrons. The van der Waals surface area contributed by atoms with E-state index in [9.17, 15) is 14.2 Å². The van der Waals surface area contributed by atoms with Crippen LogP contribution in [0.5, 0.6) is 5.75 Å². The Morgan fingerprint density at radius 2 is 1.13 bits per heavy atom. The monoisotopic (exact) mass is 474 g/mol. The van der Waals surface area contributed by atoms with E-state index < -0.39 is 14.3 Å². The molecule has 6 heteroatoms. The highest BCUT2D eigenvalue weighted by Crippen LogP contribution is 2.68. The van der Waals surface area contributed by atoms with Crippen molar-refractivity contribution in [3.63, 3.8) is 0 Å². The molecular formula is C24H44O3P2S. The maximum atomic E-state index is 13.7. The molecule has 0 amide bonds. The Morgan fingerprint density at radius 3 is 1.40 bits per heavy atom. The van der Waals surface area contributed by atoms with Crippen molar-refractivity contribution in [3.8, 4) is 5.75 Å². The van der Waals surface area contributed by atoms with Crippen molar-refractivity contribution in [2.45, 2.75) is 90.4 Å². The van der Waals surface area contributed by atoms with Gasteiger partial charge < -0.3 is 14.2 Å². The first kappa shape index (κ1) is 27.9. The summed E-state index contributed by atoms with van der Waals surface area (Å²) in [6.07, 6.45) is 2.42. The molecule has 0 aliphatic heterocycles. The molecule has 0 heterocycles. The number of phenols is 1. The van der Waals surface area contributed by atoms with Gasteiger partial charge in [0.1, 0.15) is 5.75 Å². The van der Waals surface area contributed by atoms with Gasteiger partial charge in [0, 0.05) is 21.8 Å². The van der Waals surface area contributed by atoms with E-state index >= 15 is 0 Å². The lowest BCUT2D eigenvalue weighted by molar-refractivity contribution is 0.422. The molecular weight excluding hydrogens is 430 g/mol. The van der Waals surface area contributed by atoms with Crippen LogP contribution < -0.4 is 0 Å². The van der Waals surface area contributed by atoms with Crippen molar-refractivity contribution >= 4 is 26.0 Å². The van der Waals surface area contributed by atoms with E-state index in [0.717, 1.165) is 16.0 Å². The Hall–Kier alpha value is -0.170. The highest BCUT2D eigenvalue weighted by atomic mass is 32.2. The third-order valence-corrected chi connectivity index (χ3v) is 17.2. The summed E-state index contributed by atoms with van der Waals surface area (Å²) in [7, 11) is -5.03. The van der Waals surface area contributed by atoms with Gasteiger partial charge in [-0.25, -0.2) is 0 Å². The smallest absolute Gasteiger partial charge is 0.123 e. The molecule has 30 heavy (non-hydrogen) atoms. The second kappa shape index (κ2) is 10.2. The fraction of sp³-hybridized carbons (Fsp3) is 0.750. The van der Waals surface area contributed by atoms with Crippen LogP contribution in [0.3, 0.4) is 0 Å². The molecule has 0 spiro atoms. The summed E-state index contributed by atoms with van der Waals surface area (Å²) >= 11 is 1.66. The molecule has 1 rings (SSSR count). The van der Waals surface area contributed by atoms with Crippen LogP contribution in [0.1, 0.15) is 80.4 Å². The standard InChI is InChI=1S/C24H44O3P2S/c1-11-28(26,12-2)21(29(27,13-3)14-4)17-30-18-15-19(23(5,6)7)22(25)20(16-18)24(8,9)10/h15-16,21,25H,11-14,17H2,1-10H3. The van der Waals surface area contributed by atoms with Gasteiger partial charge in [-0.1, -0.05) is 69.2 Å². The first-order chi connectivity index (χ1) is 13.6. The second-order valence-corrected chi connectivity index (χ2v) is 19.4. The minimum absolute atomic E-state index is 0.190. The summed E-state index contributed by atoms with van der Waals surface area (Å²) in [5.41, 5.74) is 1.48. The fourth-order valence-electron chi connectivity index (χ4n) is 3.95. The first-order valence-electron chi connectivity index (χ1n) is 11.3. The van der Waals surface area contributed by atoms with E-state index in [1.807, 2.05) is 27.7 Å². The van der Waals surface area contributed by atoms with Gasteiger partial charge in [0.2, 0.25) is 0 Å². The van der Waals surface area contributed by atoms with Gasteiger partial charge in [0.05, 0.1) is 19.7 Å². The lowest BCUT2D eigenvalue weighted by Crippen LogP contribution is -2.19. The predicted molar refractivity (Wildman–Crippen MR) is 137 cm³/mol. The van der Waals surface area contributed by atoms with E-state index in [-0.39, 0.29) is 16.2 Å². The highest BCUT2D eigenvalue weighted by Gasteiger charge is 2.41. The Balaban J connectivity index is 3.49. The normalized spacial score (nSPS) is 13.8. The van der Waals surface area contributed by atoms with Gasteiger partial charge in [0.25, 0.3) is 0 Å². The SMILES string of the molecule is CCP(=O)(CC)C(CSc1cc(C(C)(C)C)c(O)c(C(C)(C)C)c1)P(=O)(CC)CC. The van der Waals surface area contributed by atoms with Crippen LogP contribution in [-0.4, -0.2) is 40.9 Å². The lowest BCUT2D eigenvalue weighted by atomic mass is 9.79. The van der Waals surface area contributed by atoms with Crippen LogP contribution in [0.15, 0.2) is 17.0 Å². The first-order valence-corrected chi connectivity index (χ1v) is 16.5. The van der Waals surface area contributed by atoms with E-state index in [0.29, 0.717) is 36.2 Å². The maximum absolute atomic E-state index is 13.7. The molecule has 3 nitrogen and oxygen atoms in total. The molecule has 0 aromatic heterocycles. The van der Waals surface area contributed by atoms with Crippen molar-refractivity contribution < 1.29 is 14.2 Å². The van der Waals surface area contributed by atoms with Gasteiger partial charge in [-0.2, -0.15) is 0 Å². The van der Waals surface area contributed by atoms with Gasteiger partial charge in [-0.15, -0.1) is 11.8 Å². The minimum Gasteiger partial charge on any atom is -0.507 e. The van der Waals surface area contributed by atoms with Crippen LogP contribution in [0.25, 0.3) is 0 Å². The molecule has 0 aliphatic carbocycles. The Bertz CT molecular complexity index is 742. The van der Waals surface area contributed by atoms with Crippen LogP contribution >= 0.6 is 26.0 Å². The van der Waals surface area contributed by atoms with Gasteiger partial charge in [-0.05, 0) is 47.6 Å². The number of rotatable bonds is 9. The molecule has 1 aromatic carbocycles. The van der Waals surface area contributed by atoms with Crippen molar-refractivity contribution in [1.29, 1.82) is 0 Å². The van der Waals surface area contributed by atoms with E-state index in [4.69, 9.17) is 0 Å². The number of phenolic OH excluding ortho intramolecular Hbond substituents is 1. The predicted octanol–water partition coefficient (Wildman–Crippen LogP) is 8.21. The average Bonchev–Trinajstić information content (AvgIpc) is 2.66. The molecule has 0 unspecified atom stereocenters. The second-order valence-electron chi connectivity index (χ2n) is 10.3. The summed E-state index contributed by atoms with van der Waals surface area (Å²) in [5.74, 6) is 0.979. The van der Waals surface area contributed by atoms with Crippen molar-refractivity contribution in [2.24, 2.45) is 0 Å². The van der Waals surface area contributed by atoms with Crippen LogP contribution in [0, 0.1) is 0 Å². The molecule has 1 N–H and O–H groups in total. The summed E-state index contributed by atoms with van der Waals surface area (Å²) in [5, 5.41) is 10.7. The number of thioether (sulfide) groups is 1. The Labute approximate surface area is 189 Å². The molecule has 0 bridgehead atoms. The van der Waals surface area contributed by atoms with Crippen molar-refractivity contribution in [1.82, 2.24) is 0 Å². The van der Waals surface area contributed by atoms with Crippen molar-refractivity contribution in [2.75, 3.05) is 30.4 Å². The van der Waals surface area contributed by atoms with Crippen molar-refractivity contribution in [3.05, 3.63) is 23.3 Å². The summed E-state index contributed by atoms with van der Waals surface area (Å²) in [6.45, 7) is 20.6. The molecule has 1 aromatic rings. The van der Waals surface area contributed by atoms with Gasteiger partial charge >= 0.3 is 0 Å². The fourth-order valence-corrected chi connectivity index (χ4v) is 14.9. The number of aromatic hydroxyl groups is 1. The average molecular weight is 475 g/mol. The van der Waals surface area contributed by atoms with E-state index in [1.165, 1.54) is 0 Å². The largest absolute Gasteiger partial charge is 0.507 e. The molecule has 0 saturated heterocycles. The number of hydrogen-bond donors (Lipinski definition) is 1. The molecule has 0 atom stereocenters. The van der Waals surface area contributed by atoms with E-state index in [1.54, 1.807) is 11.8 Å². The Kier molecular flexibility index (Phi) is 9.46. The topological polar surface area (TPSA) is 54.4 Å². The Morgan fingerprint density at radius 1 is 0.800 bits per heavy atom. The van der Waals surface area contributed by atoms with Gasteiger partial charge in [0.15, 0.2) is 0 Å².